The number of rotatable bonds is 7. The molecule has 19 heavy (non-hydrogen) atoms. The van der Waals surface area contributed by atoms with E-state index < -0.39 is 12.0 Å². The molecule has 0 spiro atoms. The maximum atomic E-state index is 11.1. The lowest BCUT2D eigenvalue weighted by Crippen LogP contribution is -2.37. The summed E-state index contributed by atoms with van der Waals surface area (Å²) < 4.78 is 2.00. The first kappa shape index (κ1) is 13.8. The van der Waals surface area contributed by atoms with Crippen LogP contribution >= 0.6 is 11.3 Å². The number of nitrogens with zero attached hydrogens (tertiary/aromatic N) is 2. The number of likely N-dealkylation sites (N-methyl/N-ethyl adjacent to an activating group) is 1. The molecule has 2 heterocycles. The van der Waals surface area contributed by atoms with Crippen LogP contribution < -0.4 is 5.32 Å². The van der Waals surface area contributed by atoms with E-state index in [4.69, 9.17) is 5.11 Å². The Morgan fingerprint density at radius 1 is 1.63 bits per heavy atom. The minimum absolute atomic E-state index is 0.511. The molecule has 0 aromatic carbocycles. The van der Waals surface area contributed by atoms with Gasteiger partial charge in [0.05, 0.1) is 4.88 Å². The van der Waals surface area contributed by atoms with Crippen molar-refractivity contribution in [2.45, 2.75) is 25.9 Å². The van der Waals surface area contributed by atoms with E-state index >= 15 is 0 Å². The summed E-state index contributed by atoms with van der Waals surface area (Å²) in [7, 11) is 0. The van der Waals surface area contributed by atoms with Gasteiger partial charge in [0.1, 0.15) is 11.9 Å². The summed E-state index contributed by atoms with van der Waals surface area (Å²) in [4.78, 5) is 16.5. The highest BCUT2D eigenvalue weighted by Crippen LogP contribution is 2.23. The van der Waals surface area contributed by atoms with Crippen LogP contribution in [0.25, 0.3) is 10.7 Å². The Labute approximate surface area is 115 Å². The summed E-state index contributed by atoms with van der Waals surface area (Å²) in [6.45, 7) is 3.19. The topological polar surface area (TPSA) is 67.2 Å². The number of hydrogen-bond acceptors (Lipinski definition) is 4. The van der Waals surface area contributed by atoms with Gasteiger partial charge in [0.25, 0.3) is 0 Å². The van der Waals surface area contributed by atoms with E-state index in [9.17, 15) is 4.79 Å². The first-order valence-electron chi connectivity index (χ1n) is 6.23. The number of aliphatic carboxylic acids is 1. The van der Waals surface area contributed by atoms with Crippen molar-refractivity contribution in [2.24, 2.45) is 0 Å². The van der Waals surface area contributed by atoms with Gasteiger partial charge in [-0.3, -0.25) is 4.79 Å². The number of carboxylic acid groups (broad SMARTS) is 1. The molecule has 0 aliphatic carbocycles. The Bertz CT molecular complexity index is 522. The van der Waals surface area contributed by atoms with Gasteiger partial charge in [0.2, 0.25) is 0 Å². The van der Waals surface area contributed by atoms with Gasteiger partial charge in [0.15, 0.2) is 0 Å². The van der Waals surface area contributed by atoms with Crippen LogP contribution in [0.2, 0.25) is 0 Å². The van der Waals surface area contributed by atoms with E-state index in [0.29, 0.717) is 19.5 Å². The van der Waals surface area contributed by atoms with Crippen molar-refractivity contribution in [3.05, 3.63) is 29.9 Å². The van der Waals surface area contributed by atoms with Crippen molar-refractivity contribution in [3.63, 3.8) is 0 Å². The fourth-order valence-corrected chi connectivity index (χ4v) is 2.68. The minimum Gasteiger partial charge on any atom is -0.480 e. The zero-order chi connectivity index (χ0) is 13.7. The van der Waals surface area contributed by atoms with Gasteiger partial charge in [-0.15, -0.1) is 11.3 Å². The van der Waals surface area contributed by atoms with Crippen molar-refractivity contribution >= 4 is 17.3 Å². The Balaban J connectivity index is 2.04. The quantitative estimate of drug-likeness (QED) is 0.814. The van der Waals surface area contributed by atoms with E-state index in [2.05, 4.69) is 10.3 Å². The smallest absolute Gasteiger partial charge is 0.320 e. The molecule has 1 unspecified atom stereocenters. The number of carboxylic acids is 1. The van der Waals surface area contributed by atoms with Gasteiger partial charge in [-0.1, -0.05) is 13.0 Å². The molecule has 2 aromatic rings. The Morgan fingerprint density at radius 3 is 3.11 bits per heavy atom. The van der Waals surface area contributed by atoms with Gasteiger partial charge >= 0.3 is 5.97 Å². The first-order chi connectivity index (χ1) is 9.22. The average molecular weight is 279 g/mol. The molecule has 2 rings (SSSR count). The van der Waals surface area contributed by atoms with Gasteiger partial charge in [0, 0.05) is 18.9 Å². The standard InChI is InChI=1S/C13H17N3O2S/c1-2-14-10(13(17)18)5-7-16-8-6-15-12(16)11-4-3-9-19-11/h3-4,6,8-10,14H,2,5,7H2,1H3,(H,17,18). The van der Waals surface area contributed by atoms with Crippen molar-refractivity contribution in [1.29, 1.82) is 0 Å². The third kappa shape index (κ3) is 3.42. The summed E-state index contributed by atoms with van der Waals surface area (Å²) in [5.41, 5.74) is 0. The molecular weight excluding hydrogens is 262 g/mol. The number of nitrogens with one attached hydrogen (secondary N) is 1. The predicted octanol–water partition coefficient (Wildman–Crippen LogP) is 2.06. The summed E-state index contributed by atoms with van der Waals surface area (Å²) in [5, 5.41) is 14.1. The summed E-state index contributed by atoms with van der Waals surface area (Å²) in [5.74, 6) is 0.0928. The number of carbonyl (C=O) groups is 1. The zero-order valence-electron chi connectivity index (χ0n) is 10.7. The summed E-state index contributed by atoms with van der Waals surface area (Å²) in [6.07, 6.45) is 4.18. The maximum Gasteiger partial charge on any atom is 0.320 e. The molecule has 0 radical (unpaired) electrons. The van der Waals surface area contributed by atoms with E-state index in [1.54, 1.807) is 17.5 Å². The van der Waals surface area contributed by atoms with Crippen LogP contribution in [0.3, 0.4) is 0 Å². The molecule has 0 bridgehead atoms. The molecule has 2 N–H and O–H groups in total. The fraction of sp³-hybridized carbons (Fsp3) is 0.385. The van der Waals surface area contributed by atoms with E-state index in [1.807, 2.05) is 35.2 Å². The van der Waals surface area contributed by atoms with Gasteiger partial charge in [-0.2, -0.15) is 0 Å². The van der Waals surface area contributed by atoms with Crippen LogP contribution in [0.4, 0.5) is 0 Å². The number of aromatic nitrogens is 2. The van der Waals surface area contributed by atoms with Crippen LogP contribution in [0.1, 0.15) is 13.3 Å². The van der Waals surface area contributed by atoms with E-state index in [0.717, 1.165) is 10.7 Å². The third-order valence-corrected chi connectivity index (χ3v) is 3.73. The molecule has 0 aliphatic heterocycles. The average Bonchev–Trinajstić information content (AvgIpc) is 3.03. The summed E-state index contributed by atoms with van der Waals surface area (Å²) >= 11 is 1.63. The summed E-state index contributed by atoms with van der Waals surface area (Å²) in [6, 6.07) is 3.49. The van der Waals surface area contributed by atoms with Crippen molar-refractivity contribution in [1.82, 2.24) is 14.9 Å². The Hall–Kier alpha value is -1.66. The van der Waals surface area contributed by atoms with Crippen molar-refractivity contribution in [2.75, 3.05) is 6.54 Å². The lowest BCUT2D eigenvalue weighted by atomic mass is 10.2. The Morgan fingerprint density at radius 2 is 2.47 bits per heavy atom. The normalized spacial score (nSPS) is 12.5. The molecule has 0 fully saturated rings. The van der Waals surface area contributed by atoms with Gasteiger partial charge in [-0.25, -0.2) is 4.98 Å². The number of hydrogen-bond donors (Lipinski definition) is 2. The second-order valence-corrected chi connectivity index (χ2v) is 5.11. The third-order valence-electron chi connectivity index (χ3n) is 2.86. The largest absolute Gasteiger partial charge is 0.480 e. The van der Waals surface area contributed by atoms with Gasteiger partial charge in [-0.05, 0) is 24.4 Å². The SMILES string of the molecule is CCNC(CCn1ccnc1-c1cccs1)C(=O)O. The predicted molar refractivity (Wildman–Crippen MR) is 75.3 cm³/mol. The first-order valence-corrected chi connectivity index (χ1v) is 7.11. The molecule has 5 nitrogen and oxygen atoms in total. The lowest BCUT2D eigenvalue weighted by molar-refractivity contribution is -0.139. The van der Waals surface area contributed by atoms with Crippen LogP contribution in [0, 0.1) is 0 Å². The lowest BCUT2D eigenvalue weighted by Gasteiger charge is -2.14. The molecule has 102 valence electrons. The fourth-order valence-electron chi connectivity index (χ4n) is 1.95. The molecular formula is C13H17N3O2S. The molecule has 6 heteroatoms. The van der Waals surface area contributed by atoms with Crippen molar-refractivity contribution in [3.8, 4) is 10.7 Å². The molecule has 0 saturated heterocycles. The molecule has 0 amide bonds. The van der Waals surface area contributed by atoms with Crippen LogP contribution in [-0.2, 0) is 11.3 Å². The minimum atomic E-state index is -0.806. The monoisotopic (exact) mass is 279 g/mol. The second kappa shape index (κ2) is 6.49. The molecule has 1 atom stereocenters. The molecule has 0 saturated carbocycles. The molecule has 0 aliphatic rings. The Kier molecular flexibility index (Phi) is 4.70. The number of thiophene rings is 1. The maximum absolute atomic E-state index is 11.1. The van der Waals surface area contributed by atoms with Gasteiger partial charge < -0.3 is 15.0 Å². The highest BCUT2D eigenvalue weighted by molar-refractivity contribution is 7.13. The highest BCUT2D eigenvalue weighted by atomic mass is 32.1. The van der Waals surface area contributed by atoms with Crippen molar-refractivity contribution < 1.29 is 9.90 Å². The second-order valence-electron chi connectivity index (χ2n) is 4.16. The van der Waals surface area contributed by atoms with Crippen LogP contribution in [0.15, 0.2) is 29.9 Å². The van der Waals surface area contributed by atoms with Crippen LogP contribution in [-0.4, -0.2) is 33.2 Å². The van der Waals surface area contributed by atoms with E-state index in [-0.39, 0.29) is 0 Å². The molecule has 2 aromatic heterocycles. The number of aryl methyl sites for hydroxylation is 1. The highest BCUT2D eigenvalue weighted by Gasteiger charge is 2.16. The van der Waals surface area contributed by atoms with Crippen LogP contribution in [0.5, 0.6) is 0 Å². The number of imidazole rings is 1. The van der Waals surface area contributed by atoms with E-state index in [1.165, 1.54) is 0 Å². The zero-order valence-corrected chi connectivity index (χ0v) is 11.6.